The van der Waals surface area contributed by atoms with Crippen LogP contribution in [0.4, 0.5) is 5.69 Å². The van der Waals surface area contributed by atoms with E-state index in [4.69, 9.17) is 0 Å². The van der Waals surface area contributed by atoms with Gasteiger partial charge in [0.25, 0.3) is 0 Å². The third kappa shape index (κ3) is 2.50. The van der Waals surface area contributed by atoms with Crippen LogP contribution in [0.3, 0.4) is 0 Å². The van der Waals surface area contributed by atoms with Crippen molar-refractivity contribution in [3.8, 4) is 0 Å². The number of anilines is 1. The Bertz CT molecular complexity index is 293. The Morgan fingerprint density at radius 3 is 2.93 bits per heavy atom. The second kappa shape index (κ2) is 4.66. The van der Waals surface area contributed by atoms with Gasteiger partial charge < -0.3 is 10.6 Å². The van der Waals surface area contributed by atoms with Crippen LogP contribution in [0, 0.1) is 19.8 Å². The molecule has 0 aromatic carbocycles. The normalized spacial score (nSPS) is 21.6. The molecule has 1 saturated heterocycles. The highest BCUT2D eigenvalue weighted by Gasteiger charge is 2.14. The third-order valence-electron chi connectivity index (χ3n) is 3.09. The summed E-state index contributed by atoms with van der Waals surface area (Å²) in [6.45, 7) is 7.46. The van der Waals surface area contributed by atoms with Gasteiger partial charge in [0, 0.05) is 6.54 Å². The van der Waals surface area contributed by atoms with E-state index in [1.54, 1.807) is 0 Å². The second-order valence-electron chi connectivity index (χ2n) is 4.40. The summed E-state index contributed by atoms with van der Waals surface area (Å²) >= 11 is 0. The lowest BCUT2D eigenvalue weighted by Gasteiger charge is -2.23. The Morgan fingerprint density at radius 2 is 2.33 bits per heavy atom. The van der Waals surface area contributed by atoms with Crippen LogP contribution in [-0.2, 0) is 0 Å². The first-order valence-corrected chi connectivity index (χ1v) is 5.73. The van der Waals surface area contributed by atoms with Crippen molar-refractivity contribution in [2.45, 2.75) is 26.7 Å². The maximum atomic E-state index is 4.18. The van der Waals surface area contributed by atoms with E-state index in [-0.39, 0.29) is 0 Å². The molecule has 0 bridgehead atoms. The van der Waals surface area contributed by atoms with Crippen molar-refractivity contribution in [2.75, 3.05) is 25.0 Å². The highest BCUT2D eigenvalue weighted by atomic mass is 15.1. The summed E-state index contributed by atoms with van der Waals surface area (Å²) in [7, 11) is 0. The summed E-state index contributed by atoms with van der Waals surface area (Å²) in [5, 5.41) is 14.1. The fourth-order valence-corrected chi connectivity index (χ4v) is 2.16. The van der Waals surface area contributed by atoms with E-state index in [2.05, 4.69) is 27.8 Å². The highest BCUT2D eigenvalue weighted by molar-refractivity contribution is 5.51. The molecule has 3 N–H and O–H groups in total. The molecule has 1 aromatic heterocycles. The van der Waals surface area contributed by atoms with E-state index in [0.717, 1.165) is 30.4 Å². The minimum atomic E-state index is 0.757. The van der Waals surface area contributed by atoms with Gasteiger partial charge in [0.2, 0.25) is 0 Å². The molecule has 1 aliphatic heterocycles. The number of nitrogens with one attached hydrogen (secondary N) is 3. The van der Waals surface area contributed by atoms with Crippen molar-refractivity contribution < 1.29 is 0 Å². The van der Waals surface area contributed by atoms with E-state index in [1.807, 2.05) is 6.92 Å². The van der Waals surface area contributed by atoms with Gasteiger partial charge in [-0.05, 0) is 45.7 Å². The first-order valence-electron chi connectivity index (χ1n) is 5.73. The fraction of sp³-hybridized carbons (Fsp3) is 0.727. The minimum Gasteiger partial charge on any atom is -0.382 e. The zero-order valence-electron chi connectivity index (χ0n) is 9.56. The number of nitrogens with zero attached hydrogens (tertiary/aromatic N) is 1. The molecule has 0 saturated carbocycles. The van der Waals surface area contributed by atoms with Crippen LogP contribution in [0.15, 0.2) is 0 Å². The molecule has 0 radical (unpaired) electrons. The van der Waals surface area contributed by atoms with Gasteiger partial charge in [-0.2, -0.15) is 5.10 Å². The van der Waals surface area contributed by atoms with Gasteiger partial charge in [0.1, 0.15) is 0 Å². The number of H-pyrrole nitrogens is 1. The lowest BCUT2D eigenvalue weighted by atomic mass is 10.00. The van der Waals surface area contributed by atoms with Gasteiger partial charge in [-0.1, -0.05) is 0 Å². The summed E-state index contributed by atoms with van der Waals surface area (Å²) in [6.07, 6.45) is 2.63. The number of aromatic nitrogens is 2. The SMILES string of the molecule is Cc1n[nH]c(C)c1NCC1CCCNC1. The number of hydrogen-bond donors (Lipinski definition) is 3. The predicted octanol–water partition coefficient (Wildman–Crippen LogP) is 1.44. The first kappa shape index (κ1) is 10.5. The van der Waals surface area contributed by atoms with E-state index in [1.165, 1.54) is 25.1 Å². The number of piperidine rings is 1. The van der Waals surface area contributed by atoms with Gasteiger partial charge in [-0.25, -0.2) is 0 Å². The smallest absolute Gasteiger partial charge is 0.0825 e. The Balaban J connectivity index is 1.87. The average molecular weight is 208 g/mol. The molecule has 15 heavy (non-hydrogen) atoms. The van der Waals surface area contributed by atoms with Gasteiger partial charge in [0.15, 0.2) is 0 Å². The van der Waals surface area contributed by atoms with Crippen molar-refractivity contribution >= 4 is 5.69 Å². The third-order valence-corrected chi connectivity index (χ3v) is 3.09. The Kier molecular flexibility index (Phi) is 3.26. The van der Waals surface area contributed by atoms with Crippen molar-refractivity contribution in [3.63, 3.8) is 0 Å². The van der Waals surface area contributed by atoms with Gasteiger partial charge in [0.05, 0.1) is 17.1 Å². The van der Waals surface area contributed by atoms with Crippen LogP contribution in [0.1, 0.15) is 24.2 Å². The van der Waals surface area contributed by atoms with E-state index < -0.39 is 0 Å². The Morgan fingerprint density at radius 1 is 1.47 bits per heavy atom. The molecule has 1 aromatic rings. The van der Waals surface area contributed by atoms with Crippen molar-refractivity contribution in [1.82, 2.24) is 15.5 Å². The summed E-state index contributed by atoms with van der Waals surface area (Å²) in [4.78, 5) is 0. The van der Waals surface area contributed by atoms with Crippen molar-refractivity contribution in [1.29, 1.82) is 0 Å². The van der Waals surface area contributed by atoms with Crippen LogP contribution < -0.4 is 10.6 Å². The molecular weight excluding hydrogens is 188 g/mol. The maximum absolute atomic E-state index is 4.18. The number of rotatable bonds is 3. The largest absolute Gasteiger partial charge is 0.382 e. The lowest BCUT2D eigenvalue weighted by Crippen LogP contribution is -2.33. The molecule has 0 spiro atoms. The topological polar surface area (TPSA) is 52.7 Å². The minimum absolute atomic E-state index is 0.757. The summed E-state index contributed by atoms with van der Waals surface area (Å²) in [5.41, 5.74) is 3.38. The van der Waals surface area contributed by atoms with E-state index in [9.17, 15) is 0 Å². The summed E-state index contributed by atoms with van der Waals surface area (Å²) in [6, 6.07) is 0. The van der Waals surface area contributed by atoms with Crippen LogP contribution in [0.2, 0.25) is 0 Å². The average Bonchev–Trinajstić information content (AvgIpc) is 2.58. The van der Waals surface area contributed by atoms with Crippen LogP contribution in [0.25, 0.3) is 0 Å². The standard InChI is InChI=1S/C11H20N4/c1-8-11(9(2)15-14-8)13-7-10-4-3-5-12-6-10/h10,12-13H,3-7H2,1-2H3,(H,14,15). The first-order chi connectivity index (χ1) is 7.27. The molecule has 4 nitrogen and oxygen atoms in total. The molecule has 1 fully saturated rings. The summed E-state index contributed by atoms with van der Waals surface area (Å²) in [5.74, 6) is 0.757. The predicted molar refractivity (Wildman–Crippen MR) is 62.1 cm³/mol. The molecule has 1 aliphatic rings. The van der Waals surface area contributed by atoms with Gasteiger partial charge >= 0.3 is 0 Å². The van der Waals surface area contributed by atoms with Gasteiger partial charge in [-0.3, -0.25) is 5.10 Å². The maximum Gasteiger partial charge on any atom is 0.0825 e. The molecule has 1 unspecified atom stereocenters. The van der Waals surface area contributed by atoms with Gasteiger partial charge in [-0.15, -0.1) is 0 Å². The Labute approximate surface area is 90.8 Å². The van der Waals surface area contributed by atoms with Crippen LogP contribution >= 0.6 is 0 Å². The quantitative estimate of drug-likeness (QED) is 0.704. The van der Waals surface area contributed by atoms with Crippen molar-refractivity contribution in [3.05, 3.63) is 11.4 Å². The number of aryl methyl sites for hydroxylation is 2. The molecular formula is C11H20N4. The molecule has 1 atom stereocenters. The van der Waals surface area contributed by atoms with Crippen molar-refractivity contribution in [2.24, 2.45) is 5.92 Å². The molecule has 2 heterocycles. The molecule has 0 amide bonds. The zero-order valence-corrected chi connectivity index (χ0v) is 9.56. The van der Waals surface area contributed by atoms with E-state index in [0.29, 0.717) is 0 Å². The zero-order chi connectivity index (χ0) is 10.7. The second-order valence-corrected chi connectivity index (χ2v) is 4.40. The fourth-order valence-electron chi connectivity index (χ4n) is 2.16. The monoisotopic (exact) mass is 208 g/mol. The number of aromatic amines is 1. The van der Waals surface area contributed by atoms with Crippen LogP contribution in [-0.4, -0.2) is 29.8 Å². The Hall–Kier alpha value is -1.03. The summed E-state index contributed by atoms with van der Waals surface area (Å²) < 4.78 is 0. The highest BCUT2D eigenvalue weighted by Crippen LogP contribution is 2.18. The lowest BCUT2D eigenvalue weighted by molar-refractivity contribution is 0.393. The van der Waals surface area contributed by atoms with E-state index >= 15 is 0 Å². The molecule has 84 valence electrons. The van der Waals surface area contributed by atoms with Crippen LogP contribution in [0.5, 0.6) is 0 Å². The molecule has 2 rings (SSSR count). The molecule has 4 heteroatoms. The number of hydrogen-bond acceptors (Lipinski definition) is 3. The molecule has 0 aliphatic carbocycles.